The smallest absolute Gasteiger partial charge is 0.269 e. The first-order valence-corrected chi connectivity index (χ1v) is 10.5. The Morgan fingerprint density at radius 2 is 1.65 bits per heavy atom. The third-order valence-electron chi connectivity index (χ3n) is 5.31. The summed E-state index contributed by atoms with van der Waals surface area (Å²) < 4.78 is 0. The number of carbonyl (C=O) groups excluding carboxylic acids is 2. The summed E-state index contributed by atoms with van der Waals surface area (Å²) in [6.07, 6.45) is 2.96. The zero-order chi connectivity index (χ0) is 22.2. The molecule has 0 fully saturated rings. The minimum absolute atomic E-state index is 0.0104. The fourth-order valence-electron chi connectivity index (χ4n) is 3.73. The summed E-state index contributed by atoms with van der Waals surface area (Å²) in [7, 11) is 1.84. The number of hydrogen-bond donors (Lipinski definition) is 1. The van der Waals surface area contributed by atoms with Gasteiger partial charge in [0.15, 0.2) is 0 Å². The molecule has 2 aromatic carbocycles. The van der Waals surface area contributed by atoms with Crippen LogP contribution in [0.3, 0.4) is 0 Å². The third kappa shape index (κ3) is 6.25. The molecule has 0 bridgehead atoms. The zero-order valence-electron chi connectivity index (χ0n) is 18.3. The molecule has 0 saturated heterocycles. The van der Waals surface area contributed by atoms with Gasteiger partial charge in [-0.25, -0.2) is 0 Å². The van der Waals surface area contributed by atoms with Gasteiger partial charge in [-0.3, -0.25) is 14.6 Å². The maximum Gasteiger partial charge on any atom is 0.269 e. The van der Waals surface area contributed by atoms with Crippen LogP contribution in [0.2, 0.25) is 0 Å². The fourth-order valence-corrected chi connectivity index (χ4v) is 3.73. The first kappa shape index (κ1) is 22.2. The van der Waals surface area contributed by atoms with E-state index in [1.807, 2.05) is 51.2 Å². The molecule has 0 radical (unpaired) electrons. The summed E-state index contributed by atoms with van der Waals surface area (Å²) in [4.78, 5) is 31.4. The quantitative estimate of drug-likeness (QED) is 0.600. The van der Waals surface area contributed by atoms with E-state index in [-0.39, 0.29) is 17.9 Å². The fraction of sp³-hybridized carbons (Fsp3) is 0.269. The van der Waals surface area contributed by atoms with Crippen molar-refractivity contribution in [2.24, 2.45) is 0 Å². The maximum absolute atomic E-state index is 13.2. The number of pyridine rings is 1. The largest absolute Gasteiger partial charge is 0.351 e. The number of benzene rings is 2. The first-order chi connectivity index (χ1) is 14.9. The third-order valence-corrected chi connectivity index (χ3v) is 5.31. The molecule has 0 aliphatic rings. The maximum atomic E-state index is 13.2. The van der Waals surface area contributed by atoms with E-state index in [0.717, 1.165) is 16.7 Å². The average molecular weight is 416 g/mol. The predicted molar refractivity (Wildman–Crippen MR) is 123 cm³/mol. The molecule has 0 saturated carbocycles. The molecule has 0 spiro atoms. The number of nitrogens with one attached hydrogen (secondary N) is 1. The molecular weight excluding hydrogens is 386 g/mol. The number of hydrogen-bond acceptors (Lipinski definition) is 3. The van der Waals surface area contributed by atoms with Gasteiger partial charge < -0.3 is 10.2 Å². The molecule has 0 unspecified atom stereocenters. The van der Waals surface area contributed by atoms with Crippen molar-refractivity contribution in [2.75, 3.05) is 13.6 Å². The van der Waals surface area contributed by atoms with Gasteiger partial charge in [0.1, 0.15) is 5.69 Å². The van der Waals surface area contributed by atoms with Crippen LogP contribution in [-0.4, -0.2) is 41.3 Å². The van der Waals surface area contributed by atoms with E-state index in [1.165, 1.54) is 0 Å². The van der Waals surface area contributed by atoms with E-state index in [4.69, 9.17) is 0 Å². The highest BCUT2D eigenvalue weighted by atomic mass is 16.2. The van der Waals surface area contributed by atoms with E-state index in [1.54, 1.807) is 29.3 Å². The van der Waals surface area contributed by atoms with Crippen molar-refractivity contribution in [1.29, 1.82) is 0 Å². The topological polar surface area (TPSA) is 62.3 Å². The molecule has 0 aliphatic heterocycles. The van der Waals surface area contributed by atoms with Crippen LogP contribution in [0.1, 0.15) is 44.0 Å². The summed E-state index contributed by atoms with van der Waals surface area (Å²) in [6.45, 7) is 4.45. The van der Waals surface area contributed by atoms with Crippen LogP contribution in [0.5, 0.6) is 0 Å². The Labute approximate surface area is 184 Å². The van der Waals surface area contributed by atoms with E-state index >= 15 is 0 Å². The monoisotopic (exact) mass is 415 g/mol. The van der Waals surface area contributed by atoms with Gasteiger partial charge in [-0.2, -0.15) is 0 Å². The van der Waals surface area contributed by atoms with Crippen LogP contribution in [-0.2, 0) is 6.42 Å². The Kier molecular flexibility index (Phi) is 7.55. The van der Waals surface area contributed by atoms with Crippen molar-refractivity contribution in [2.45, 2.75) is 32.7 Å². The predicted octanol–water partition coefficient (Wildman–Crippen LogP) is 4.20. The number of aryl methyl sites for hydroxylation is 2. The summed E-state index contributed by atoms with van der Waals surface area (Å²) >= 11 is 0. The Morgan fingerprint density at radius 1 is 0.968 bits per heavy atom. The molecule has 0 aliphatic carbocycles. The number of nitrogens with zero attached hydrogens (tertiary/aromatic N) is 2. The molecule has 2 amide bonds. The second-order valence-electron chi connectivity index (χ2n) is 7.90. The van der Waals surface area contributed by atoms with Crippen molar-refractivity contribution in [3.05, 3.63) is 101 Å². The van der Waals surface area contributed by atoms with Gasteiger partial charge in [0.25, 0.3) is 11.8 Å². The number of carbonyl (C=O) groups is 2. The Bertz CT molecular complexity index is 999. The van der Waals surface area contributed by atoms with Gasteiger partial charge in [0, 0.05) is 31.4 Å². The van der Waals surface area contributed by atoms with Crippen LogP contribution in [0.15, 0.2) is 72.9 Å². The van der Waals surface area contributed by atoms with Gasteiger partial charge in [-0.15, -0.1) is 0 Å². The minimum atomic E-state index is -0.206. The molecule has 1 heterocycles. The van der Waals surface area contributed by atoms with Crippen LogP contribution in [0.4, 0.5) is 0 Å². The SMILES string of the molecule is Cc1cc(C)cc(C(=O)N(C)[C@H](CCNC(=O)c2ccccn2)Cc2ccccc2)c1. The van der Waals surface area contributed by atoms with Crippen molar-refractivity contribution < 1.29 is 9.59 Å². The van der Waals surface area contributed by atoms with Crippen LogP contribution in [0.25, 0.3) is 0 Å². The van der Waals surface area contributed by atoms with E-state index in [0.29, 0.717) is 30.6 Å². The molecule has 5 heteroatoms. The lowest BCUT2D eigenvalue weighted by atomic mass is 10.00. The van der Waals surface area contributed by atoms with Crippen molar-refractivity contribution in [3.63, 3.8) is 0 Å². The number of amides is 2. The first-order valence-electron chi connectivity index (χ1n) is 10.5. The summed E-state index contributed by atoms with van der Waals surface area (Å²) in [6, 6.07) is 21.2. The molecule has 3 rings (SSSR count). The van der Waals surface area contributed by atoms with Gasteiger partial charge in [0.05, 0.1) is 0 Å². The molecular formula is C26H29N3O2. The zero-order valence-corrected chi connectivity index (χ0v) is 18.3. The van der Waals surface area contributed by atoms with Gasteiger partial charge in [-0.05, 0) is 56.5 Å². The molecule has 31 heavy (non-hydrogen) atoms. The molecule has 1 aromatic heterocycles. The lowest BCUT2D eigenvalue weighted by molar-refractivity contribution is 0.0722. The van der Waals surface area contributed by atoms with Gasteiger partial charge >= 0.3 is 0 Å². The highest BCUT2D eigenvalue weighted by Crippen LogP contribution is 2.16. The van der Waals surface area contributed by atoms with Gasteiger partial charge in [0.2, 0.25) is 0 Å². The van der Waals surface area contributed by atoms with Gasteiger partial charge in [-0.1, -0.05) is 53.6 Å². The minimum Gasteiger partial charge on any atom is -0.351 e. The van der Waals surface area contributed by atoms with Crippen molar-refractivity contribution in [1.82, 2.24) is 15.2 Å². The molecule has 1 N–H and O–H groups in total. The van der Waals surface area contributed by atoms with Crippen molar-refractivity contribution >= 4 is 11.8 Å². The average Bonchev–Trinajstić information content (AvgIpc) is 2.78. The van der Waals surface area contributed by atoms with Crippen LogP contribution in [0, 0.1) is 13.8 Å². The Morgan fingerprint density at radius 3 is 2.29 bits per heavy atom. The molecule has 3 aromatic rings. The Balaban J connectivity index is 1.72. The molecule has 1 atom stereocenters. The van der Waals surface area contributed by atoms with Crippen molar-refractivity contribution in [3.8, 4) is 0 Å². The summed E-state index contributed by atoms with van der Waals surface area (Å²) in [5.41, 5.74) is 4.37. The number of likely N-dealkylation sites (N-methyl/N-ethyl adjacent to an activating group) is 1. The highest BCUT2D eigenvalue weighted by Gasteiger charge is 2.22. The number of rotatable bonds is 8. The lowest BCUT2D eigenvalue weighted by Crippen LogP contribution is -2.41. The summed E-state index contributed by atoms with van der Waals surface area (Å²) in [5.74, 6) is -0.217. The molecule has 160 valence electrons. The van der Waals surface area contributed by atoms with Crippen LogP contribution >= 0.6 is 0 Å². The van der Waals surface area contributed by atoms with Crippen LogP contribution < -0.4 is 5.32 Å². The van der Waals surface area contributed by atoms with E-state index in [9.17, 15) is 9.59 Å². The normalized spacial score (nSPS) is 11.6. The standard InChI is InChI=1S/C26H29N3O2/c1-19-15-20(2)17-22(16-19)26(31)29(3)23(18-21-9-5-4-6-10-21)12-14-28-25(30)24-11-7-8-13-27-24/h4-11,13,15-17,23H,12,14,18H2,1-3H3,(H,28,30)/t23-/m1/s1. The summed E-state index contributed by atoms with van der Waals surface area (Å²) in [5, 5.41) is 2.93. The lowest BCUT2D eigenvalue weighted by Gasteiger charge is -2.29. The van der Waals surface area contributed by atoms with E-state index in [2.05, 4.69) is 28.5 Å². The number of aromatic nitrogens is 1. The second-order valence-corrected chi connectivity index (χ2v) is 7.90. The highest BCUT2D eigenvalue weighted by molar-refractivity contribution is 5.94. The second kappa shape index (κ2) is 10.5. The van der Waals surface area contributed by atoms with E-state index < -0.39 is 0 Å². The Hall–Kier alpha value is -3.47. The molecule has 5 nitrogen and oxygen atoms in total.